The standard InChI is InChI=1S/C22H28O2/c1-4-5-6-7-8-17(2)22(23)20-11-9-18(10-12-20)19-13-15-21(24-3)16-14-19/h9-17H,4-8H2,1-3H3/t17-/m0/s1. The van der Waals surface area contributed by atoms with E-state index in [4.69, 9.17) is 4.74 Å². The summed E-state index contributed by atoms with van der Waals surface area (Å²) >= 11 is 0. The van der Waals surface area contributed by atoms with E-state index in [1.165, 1.54) is 19.3 Å². The Labute approximate surface area is 145 Å². The lowest BCUT2D eigenvalue weighted by Gasteiger charge is -2.11. The van der Waals surface area contributed by atoms with Crippen molar-refractivity contribution in [2.45, 2.75) is 46.0 Å². The van der Waals surface area contributed by atoms with Crippen LogP contribution in [0.25, 0.3) is 11.1 Å². The van der Waals surface area contributed by atoms with Crippen LogP contribution in [0.2, 0.25) is 0 Å². The van der Waals surface area contributed by atoms with Crippen molar-refractivity contribution in [2.75, 3.05) is 7.11 Å². The number of rotatable bonds is 9. The van der Waals surface area contributed by atoms with Crippen molar-refractivity contribution in [3.63, 3.8) is 0 Å². The van der Waals surface area contributed by atoms with Gasteiger partial charge in [0.2, 0.25) is 0 Å². The molecule has 0 saturated heterocycles. The summed E-state index contributed by atoms with van der Waals surface area (Å²) in [5.74, 6) is 1.21. The molecular formula is C22H28O2. The largest absolute Gasteiger partial charge is 0.497 e. The van der Waals surface area contributed by atoms with Crippen molar-refractivity contribution >= 4 is 5.78 Å². The van der Waals surface area contributed by atoms with E-state index in [-0.39, 0.29) is 11.7 Å². The van der Waals surface area contributed by atoms with Crippen LogP contribution in [0.1, 0.15) is 56.3 Å². The molecule has 0 heterocycles. The monoisotopic (exact) mass is 324 g/mol. The molecule has 0 fully saturated rings. The quantitative estimate of drug-likeness (QED) is 0.408. The number of ether oxygens (including phenoxy) is 1. The first-order valence-corrected chi connectivity index (χ1v) is 8.94. The number of hydrogen-bond acceptors (Lipinski definition) is 2. The summed E-state index contributed by atoms with van der Waals surface area (Å²) in [5.41, 5.74) is 3.06. The number of methoxy groups -OCH3 is 1. The number of carbonyl (C=O) groups excluding carboxylic acids is 1. The maximum Gasteiger partial charge on any atom is 0.165 e. The number of Topliss-reactive ketones (excluding diaryl/α,β-unsaturated/α-hetero) is 1. The summed E-state index contributed by atoms with van der Waals surface area (Å²) in [5, 5.41) is 0. The summed E-state index contributed by atoms with van der Waals surface area (Å²) in [4.78, 5) is 12.5. The third kappa shape index (κ3) is 4.95. The smallest absolute Gasteiger partial charge is 0.165 e. The van der Waals surface area contributed by atoms with E-state index in [1.54, 1.807) is 7.11 Å². The van der Waals surface area contributed by atoms with Gasteiger partial charge in [0, 0.05) is 11.5 Å². The predicted molar refractivity (Wildman–Crippen MR) is 101 cm³/mol. The number of unbranched alkanes of at least 4 members (excludes halogenated alkanes) is 3. The highest BCUT2D eigenvalue weighted by molar-refractivity contribution is 5.98. The van der Waals surface area contributed by atoms with Gasteiger partial charge in [-0.25, -0.2) is 0 Å². The van der Waals surface area contributed by atoms with Crippen LogP contribution < -0.4 is 4.74 Å². The van der Waals surface area contributed by atoms with Gasteiger partial charge in [-0.1, -0.05) is 75.9 Å². The molecule has 0 bridgehead atoms. The molecule has 2 aromatic rings. The van der Waals surface area contributed by atoms with Gasteiger partial charge in [-0.3, -0.25) is 4.79 Å². The van der Waals surface area contributed by atoms with Gasteiger partial charge in [0.15, 0.2) is 5.78 Å². The normalized spacial score (nSPS) is 12.0. The highest BCUT2D eigenvalue weighted by Gasteiger charge is 2.14. The van der Waals surface area contributed by atoms with Crippen LogP contribution in [0, 0.1) is 5.92 Å². The van der Waals surface area contributed by atoms with E-state index in [2.05, 4.69) is 6.92 Å². The van der Waals surface area contributed by atoms with E-state index >= 15 is 0 Å². The zero-order valence-corrected chi connectivity index (χ0v) is 15.0. The highest BCUT2D eigenvalue weighted by atomic mass is 16.5. The molecule has 2 nitrogen and oxygen atoms in total. The highest BCUT2D eigenvalue weighted by Crippen LogP contribution is 2.24. The Morgan fingerprint density at radius 3 is 2.04 bits per heavy atom. The zero-order valence-electron chi connectivity index (χ0n) is 15.0. The van der Waals surface area contributed by atoms with Crippen molar-refractivity contribution in [1.29, 1.82) is 0 Å². The first-order chi connectivity index (χ1) is 11.7. The SMILES string of the molecule is CCCCCC[C@H](C)C(=O)c1ccc(-c2ccc(OC)cc2)cc1. The molecule has 0 aromatic heterocycles. The Morgan fingerprint density at radius 1 is 0.917 bits per heavy atom. The minimum absolute atomic E-state index is 0.105. The zero-order chi connectivity index (χ0) is 17.4. The molecular weight excluding hydrogens is 296 g/mol. The molecule has 0 aliphatic heterocycles. The lowest BCUT2D eigenvalue weighted by Crippen LogP contribution is -2.11. The van der Waals surface area contributed by atoms with Crippen LogP contribution >= 0.6 is 0 Å². The fraction of sp³-hybridized carbons (Fsp3) is 0.409. The van der Waals surface area contributed by atoms with Gasteiger partial charge in [0.05, 0.1) is 7.11 Å². The van der Waals surface area contributed by atoms with Crippen molar-refractivity contribution in [3.05, 3.63) is 54.1 Å². The van der Waals surface area contributed by atoms with Gasteiger partial charge in [-0.15, -0.1) is 0 Å². The summed E-state index contributed by atoms with van der Waals surface area (Å²) in [6, 6.07) is 15.9. The molecule has 2 rings (SSSR count). The molecule has 0 amide bonds. The molecule has 0 saturated carbocycles. The van der Waals surface area contributed by atoms with Gasteiger partial charge in [0.25, 0.3) is 0 Å². The van der Waals surface area contributed by atoms with Crippen LogP contribution in [0.5, 0.6) is 5.75 Å². The van der Waals surface area contributed by atoms with Crippen LogP contribution in [0.3, 0.4) is 0 Å². The second-order valence-electron chi connectivity index (χ2n) is 6.42. The molecule has 24 heavy (non-hydrogen) atoms. The molecule has 1 atom stereocenters. The van der Waals surface area contributed by atoms with Gasteiger partial charge >= 0.3 is 0 Å². The number of hydrogen-bond donors (Lipinski definition) is 0. The van der Waals surface area contributed by atoms with Crippen LogP contribution in [0.4, 0.5) is 0 Å². The van der Waals surface area contributed by atoms with E-state index in [0.29, 0.717) is 0 Å². The molecule has 0 aliphatic rings. The number of ketones is 1. The summed E-state index contributed by atoms with van der Waals surface area (Å²) in [6.07, 6.45) is 5.85. The molecule has 0 unspecified atom stereocenters. The first-order valence-electron chi connectivity index (χ1n) is 8.94. The van der Waals surface area contributed by atoms with Crippen LogP contribution in [-0.2, 0) is 0 Å². The van der Waals surface area contributed by atoms with Gasteiger partial charge in [-0.2, -0.15) is 0 Å². The fourth-order valence-electron chi connectivity index (χ4n) is 2.90. The average Bonchev–Trinajstić information content (AvgIpc) is 2.64. The molecule has 0 radical (unpaired) electrons. The lowest BCUT2D eigenvalue weighted by atomic mass is 9.93. The van der Waals surface area contributed by atoms with Crippen molar-refractivity contribution in [1.82, 2.24) is 0 Å². The third-order valence-electron chi connectivity index (χ3n) is 4.53. The van der Waals surface area contributed by atoms with Crippen LogP contribution in [0.15, 0.2) is 48.5 Å². The fourth-order valence-corrected chi connectivity index (χ4v) is 2.90. The average molecular weight is 324 g/mol. The maximum absolute atomic E-state index is 12.5. The minimum atomic E-state index is 0.105. The van der Waals surface area contributed by atoms with Crippen molar-refractivity contribution in [2.24, 2.45) is 5.92 Å². The van der Waals surface area contributed by atoms with Gasteiger partial charge in [-0.05, 0) is 29.7 Å². The molecule has 128 valence electrons. The van der Waals surface area contributed by atoms with E-state index in [0.717, 1.165) is 35.3 Å². The van der Waals surface area contributed by atoms with Gasteiger partial charge in [0.1, 0.15) is 5.75 Å². The summed E-state index contributed by atoms with van der Waals surface area (Å²) in [6.45, 7) is 4.25. The van der Waals surface area contributed by atoms with E-state index < -0.39 is 0 Å². The second kappa shape index (κ2) is 9.27. The molecule has 2 heteroatoms. The Bertz CT molecular complexity index is 626. The second-order valence-corrected chi connectivity index (χ2v) is 6.42. The Kier molecular flexibility index (Phi) is 7.05. The van der Waals surface area contributed by atoms with Crippen molar-refractivity contribution in [3.8, 4) is 16.9 Å². The third-order valence-corrected chi connectivity index (χ3v) is 4.53. The number of carbonyl (C=O) groups is 1. The Hall–Kier alpha value is -2.09. The molecule has 0 aliphatic carbocycles. The van der Waals surface area contributed by atoms with Gasteiger partial charge < -0.3 is 4.74 Å². The molecule has 2 aromatic carbocycles. The maximum atomic E-state index is 12.5. The van der Waals surface area contributed by atoms with Crippen LogP contribution in [-0.4, -0.2) is 12.9 Å². The Morgan fingerprint density at radius 2 is 1.50 bits per heavy atom. The Balaban J connectivity index is 1.98. The molecule has 0 spiro atoms. The number of benzene rings is 2. The first kappa shape index (κ1) is 18.3. The van der Waals surface area contributed by atoms with E-state index in [9.17, 15) is 4.79 Å². The predicted octanol–water partition coefficient (Wildman–Crippen LogP) is 6.15. The minimum Gasteiger partial charge on any atom is -0.497 e. The van der Waals surface area contributed by atoms with E-state index in [1.807, 2.05) is 55.5 Å². The van der Waals surface area contributed by atoms with Crippen molar-refractivity contribution < 1.29 is 9.53 Å². The summed E-state index contributed by atoms with van der Waals surface area (Å²) in [7, 11) is 1.67. The topological polar surface area (TPSA) is 26.3 Å². The molecule has 0 N–H and O–H groups in total. The summed E-state index contributed by atoms with van der Waals surface area (Å²) < 4.78 is 5.18. The lowest BCUT2D eigenvalue weighted by molar-refractivity contribution is 0.0922.